The Labute approximate surface area is 801 Å². The SMILES string of the molecule is C=CC(=O)N1Cc2cc(C)ccc2[C@@H](c2ccc(Cl)cc2)C1.C=CC(=O)N1Cc2cc(C)ccc2[C@H](c2ccc(Cl)cc2)C1.C=CC(=O)N1Cc2ccc(C(C)C)cc2[C@@H](c2ccccc2)C1.C=CC(=O)N1Cc2ccc(C(C)C)cc2[C@H](c2ccccc2)C1.C=CC(=O)N1Cc2ccccc2[C@@H](c2cccc(OC)c2)C1.C=CC(=O)N1Cc2ccccc2[C@H](c2cccc(OC)c2)C1. The van der Waals surface area contributed by atoms with E-state index in [4.69, 9.17) is 32.7 Å². The number of benzene rings is 12. The second-order valence-electron chi connectivity index (χ2n) is 35.4. The van der Waals surface area contributed by atoms with Gasteiger partial charge in [-0.1, -0.05) is 332 Å². The molecule has 6 heterocycles. The van der Waals surface area contributed by atoms with Gasteiger partial charge in [-0.3, -0.25) is 28.8 Å². The summed E-state index contributed by atoms with van der Waals surface area (Å²) in [6.07, 6.45) is 8.37. The molecule has 6 atom stereocenters. The van der Waals surface area contributed by atoms with Crippen LogP contribution in [-0.2, 0) is 68.0 Å². The maximum absolute atomic E-state index is 12.1. The molecule has 0 aliphatic carbocycles. The molecule has 6 aliphatic rings. The number of amides is 6. The average molecular weight is 1820 g/mol. The third kappa shape index (κ3) is 23.9. The molecule has 0 saturated carbocycles. The maximum atomic E-state index is 12.1. The number of fused-ring (bicyclic) bond motifs is 6. The Bertz CT molecular complexity index is 5870. The van der Waals surface area contributed by atoms with Crippen LogP contribution in [0.2, 0.25) is 10.0 Å². The molecule has 0 spiro atoms. The molecule has 684 valence electrons. The number of methoxy groups -OCH3 is 2. The number of nitrogens with zero attached hydrogens (tertiary/aromatic N) is 6. The van der Waals surface area contributed by atoms with Gasteiger partial charge in [-0.2, -0.15) is 0 Å². The third-order valence-corrected chi connectivity index (χ3v) is 26.6. The number of halogens is 2. The molecule has 6 aliphatic heterocycles. The van der Waals surface area contributed by atoms with E-state index in [2.05, 4.69) is 251 Å². The average Bonchev–Trinajstić information content (AvgIpc) is 0.746. The molecule has 0 aromatic heterocycles. The molecule has 0 fully saturated rings. The van der Waals surface area contributed by atoms with Crippen LogP contribution in [0.15, 0.2) is 355 Å². The van der Waals surface area contributed by atoms with Gasteiger partial charge in [0.2, 0.25) is 35.4 Å². The summed E-state index contributed by atoms with van der Waals surface area (Å²) in [7, 11) is 3.34. The molecular weight excluding hydrogens is 1700 g/mol. The van der Waals surface area contributed by atoms with E-state index in [1.165, 1.54) is 148 Å². The van der Waals surface area contributed by atoms with Crippen molar-refractivity contribution in [1.82, 2.24) is 29.4 Å². The number of hydrogen-bond donors (Lipinski definition) is 0. The van der Waals surface area contributed by atoms with Crippen molar-refractivity contribution in [2.45, 2.75) is 128 Å². The molecule has 0 bridgehead atoms. The number of ether oxygens (including phenoxy) is 2. The molecule has 0 unspecified atom stereocenters. The highest BCUT2D eigenvalue weighted by Crippen LogP contribution is 2.43. The quantitative estimate of drug-likeness (QED) is 0.0871. The summed E-state index contributed by atoms with van der Waals surface area (Å²) >= 11 is 12.0. The number of hydrogen-bond acceptors (Lipinski definition) is 8. The van der Waals surface area contributed by atoms with Crippen molar-refractivity contribution in [3.05, 3.63) is 487 Å². The number of aryl methyl sites for hydroxylation is 2. The van der Waals surface area contributed by atoms with Gasteiger partial charge in [0.05, 0.1) is 14.2 Å². The number of carbonyl (C=O) groups excluding carboxylic acids is 6. The van der Waals surface area contributed by atoms with Crippen molar-refractivity contribution in [3.63, 3.8) is 0 Å². The smallest absolute Gasteiger partial charge is 0.246 e. The Hall–Kier alpha value is -13.9. The van der Waals surface area contributed by atoms with Crippen LogP contribution >= 0.6 is 23.2 Å². The molecule has 0 saturated heterocycles. The van der Waals surface area contributed by atoms with E-state index < -0.39 is 0 Å². The van der Waals surface area contributed by atoms with E-state index >= 15 is 0 Å². The number of carbonyl (C=O) groups is 6. The first-order valence-electron chi connectivity index (χ1n) is 45.8. The summed E-state index contributed by atoms with van der Waals surface area (Å²) in [5.74, 6) is 3.70. The minimum atomic E-state index is -0.0256. The fourth-order valence-electron chi connectivity index (χ4n) is 18.8. The minimum absolute atomic E-state index is 0.00418. The van der Waals surface area contributed by atoms with Crippen LogP contribution < -0.4 is 9.47 Å². The predicted octanol–water partition coefficient (Wildman–Crippen LogP) is 24.3. The molecule has 0 N–H and O–H groups in total. The van der Waals surface area contributed by atoms with E-state index in [-0.39, 0.29) is 71.0 Å². The Morgan fingerprint density at radius 2 is 0.530 bits per heavy atom. The standard InChI is InChI=1S/2C21H23NO.2C19H18ClNO.2C19H19NO2/c2*1-4-21(23)22-13-18-11-10-17(15(2)3)12-19(18)20(14-22)16-8-6-5-7-9-16;2*1-3-19(22)21-11-15-10-13(2)4-9-17(15)18(12-21)14-5-7-16(20)8-6-14;2*1-3-19(21)20-12-15-7-4-5-10-17(15)18(13-20)14-8-6-9-16(11-14)22-2/h2*4-12,15,20H,1,13-14H2,2-3H3;2*3-10,18H,1,11-12H2,2H3;2*3-11,18H,1,12-13H2,2H3/t2*20-;4*18-/m101010/s1. The van der Waals surface area contributed by atoms with Gasteiger partial charge in [0.1, 0.15) is 11.5 Å². The summed E-state index contributed by atoms with van der Waals surface area (Å²) in [5, 5.41) is 1.45. The molecule has 12 aromatic carbocycles. The van der Waals surface area contributed by atoms with Crippen LogP contribution in [0.1, 0.15) is 197 Å². The Morgan fingerprint density at radius 3 is 0.828 bits per heavy atom. The Morgan fingerprint density at radius 1 is 0.276 bits per heavy atom. The van der Waals surface area contributed by atoms with Crippen molar-refractivity contribution in [1.29, 1.82) is 0 Å². The number of rotatable bonds is 16. The first-order valence-corrected chi connectivity index (χ1v) is 46.5. The van der Waals surface area contributed by atoms with Gasteiger partial charge in [0, 0.05) is 124 Å². The van der Waals surface area contributed by atoms with Gasteiger partial charge >= 0.3 is 0 Å². The van der Waals surface area contributed by atoms with Crippen LogP contribution in [-0.4, -0.2) is 118 Å². The maximum Gasteiger partial charge on any atom is 0.246 e. The van der Waals surface area contributed by atoms with Crippen LogP contribution in [0.25, 0.3) is 0 Å². The fraction of sp³-hybridized carbons (Fsp3) is 0.237. The van der Waals surface area contributed by atoms with Crippen molar-refractivity contribution in [3.8, 4) is 11.5 Å². The molecular formula is C118H120Cl2N6O8. The lowest BCUT2D eigenvalue weighted by Crippen LogP contribution is -2.37. The zero-order chi connectivity index (χ0) is 95.2. The zero-order valence-electron chi connectivity index (χ0n) is 78.1. The normalized spacial score (nSPS) is 16.9. The second-order valence-corrected chi connectivity index (χ2v) is 36.2. The summed E-state index contributed by atoms with van der Waals surface area (Å²) in [6.45, 7) is 42.7. The summed E-state index contributed by atoms with van der Waals surface area (Å²) in [5.41, 5.74) is 27.5. The van der Waals surface area contributed by atoms with Crippen molar-refractivity contribution >= 4 is 58.6 Å². The highest BCUT2D eigenvalue weighted by molar-refractivity contribution is 6.30. The first-order chi connectivity index (χ1) is 64.8. The van der Waals surface area contributed by atoms with Crippen LogP contribution in [0, 0.1) is 13.8 Å². The van der Waals surface area contributed by atoms with Crippen molar-refractivity contribution in [2.24, 2.45) is 0 Å². The Kier molecular flexibility index (Phi) is 33.5. The highest BCUT2D eigenvalue weighted by Gasteiger charge is 2.36. The summed E-state index contributed by atoms with van der Waals surface area (Å²) in [6, 6.07) is 95.8. The molecule has 16 heteroatoms. The highest BCUT2D eigenvalue weighted by atomic mass is 35.5. The zero-order valence-corrected chi connectivity index (χ0v) is 79.6. The largest absolute Gasteiger partial charge is 0.497 e. The van der Waals surface area contributed by atoms with Crippen molar-refractivity contribution in [2.75, 3.05) is 53.5 Å². The monoisotopic (exact) mass is 1820 g/mol. The topological polar surface area (TPSA) is 140 Å². The lowest BCUT2D eigenvalue weighted by Gasteiger charge is -2.35. The van der Waals surface area contributed by atoms with Crippen molar-refractivity contribution < 1.29 is 38.2 Å². The fourth-order valence-corrected chi connectivity index (χ4v) is 19.1. The molecule has 6 amide bonds. The lowest BCUT2D eigenvalue weighted by molar-refractivity contribution is -0.127. The van der Waals surface area contributed by atoms with Gasteiger partial charge in [-0.05, 0) is 222 Å². The van der Waals surface area contributed by atoms with Gasteiger partial charge in [0.15, 0.2) is 0 Å². The third-order valence-electron chi connectivity index (χ3n) is 26.1. The molecule has 12 aromatic rings. The van der Waals surface area contributed by atoms with E-state index in [9.17, 15) is 28.8 Å². The molecule has 14 nitrogen and oxygen atoms in total. The molecule has 18 rings (SSSR count). The second kappa shape index (κ2) is 46.0. The van der Waals surface area contributed by atoms with E-state index in [1.807, 2.05) is 139 Å². The van der Waals surface area contributed by atoms with Gasteiger partial charge < -0.3 is 38.9 Å². The van der Waals surface area contributed by atoms with Crippen LogP contribution in [0.5, 0.6) is 11.5 Å². The Balaban J connectivity index is 0.000000136. The summed E-state index contributed by atoms with van der Waals surface area (Å²) < 4.78 is 10.7. The van der Waals surface area contributed by atoms with Crippen LogP contribution in [0.3, 0.4) is 0 Å². The summed E-state index contributed by atoms with van der Waals surface area (Å²) in [4.78, 5) is 83.7. The van der Waals surface area contributed by atoms with E-state index in [1.54, 1.807) is 14.2 Å². The molecule has 134 heavy (non-hydrogen) atoms. The lowest BCUT2D eigenvalue weighted by atomic mass is 9.82. The van der Waals surface area contributed by atoms with Gasteiger partial charge in [-0.15, -0.1) is 0 Å². The predicted molar refractivity (Wildman–Crippen MR) is 543 cm³/mol. The van der Waals surface area contributed by atoms with Gasteiger partial charge in [-0.25, -0.2) is 0 Å². The molecule has 0 radical (unpaired) electrons. The first kappa shape index (κ1) is 97.6. The minimum Gasteiger partial charge on any atom is -0.497 e. The van der Waals surface area contributed by atoms with Gasteiger partial charge in [0.25, 0.3) is 0 Å². The van der Waals surface area contributed by atoms with E-state index in [0.717, 1.165) is 32.7 Å². The van der Waals surface area contributed by atoms with E-state index in [0.29, 0.717) is 90.4 Å². The van der Waals surface area contributed by atoms with Crippen LogP contribution in [0.4, 0.5) is 0 Å².